The monoisotopic (exact) mass is 208 g/mol. The molecule has 3 heteroatoms. The number of hydrogen-bond acceptors (Lipinski definition) is 3. The van der Waals surface area contributed by atoms with Crippen molar-refractivity contribution in [2.75, 3.05) is 14.2 Å². The molecule has 1 aromatic rings. The highest BCUT2D eigenvalue weighted by atomic mass is 16.5. The van der Waals surface area contributed by atoms with Crippen LogP contribution >= 0.6 is 0 Å². The number of ether oxygens (including phenoxy) is 2. The molecule has 15 heavy (non-hydrogen) atoms. The maximum Gasteiger partial charge on any atom is 0.160 e. The molecule has 0 heterocycles. The van der Waals surface area contributed by atoms with Crippen molar-refractivity contribution in [1.82, 2.24) is 0 Å². The van der Waals surface area contributed by atoms with E-state index in [1.54, 1.807) is 33.3 Å². The molecule has 3 nitrogen and oxygen atoms in total. The summed E-state index contributed by atoms with van der Waals surface area (Å²) in [5.41, 5.74) is 1.61. The van der Waals surface area contributed by atoms with E-state index in [1.165, 1.54) is 0 Å². The van der Waals surface area contributed by atoms with Crippen molar-refractivity contribution in [3.05, 3.63) is 23.3 Å². The van der Waals surface area contributed by atoms with E-state index in [4.69, 9.17) is 9.47 Å². The number of rotatable bonds is 4. The van der Waals surface area contributed by atoms with Crippen LogP contribution in [-0.2, 0) is 6.42 Å². The van der Waals surface area contributed by atoms with Gasteiger partial charge < -0.3 is 9.47 Å². The van der Waals surface area contributed by atoms with Crippen LogP contribution < -0.4 is 9.47 Å². The summed E-state index contributed by atoms with van der Waals surface area (Å²) in [5.74, 6) is 1.39. The van der Waals surface area contributed by atoms with E-state index >= 15 is 0 Å². The fourth-order valence-corrected chi connectivity index (χ4v) is 1.60. The number of hydrogen-bond donors (Lipinski definition) is 0. The molecule has 0 unspecified atom stereocenters. The summed E-state index contributed by atoms with van der Waals surface area (Å²) in [6, 6.07) is 3.55. The molecule has 0 aliphatic rings. The maximum atomic E-state index is 11.5. The largest absolute Gasteiger partial charge is 0.497 e. The average Bonchev–Trinajstić information content (AvgIpc) is 2.26. The number of Topliss-reactive ketones (excluding diaryl/α,β-unsaturated/α-hetero) is 1. The third kappa shape index (κ3) is 2.29. The van der Waals surface area contributed by atoms with E-state index in [9.17, 15) is 4.79 Å². The van der Waals surface area contributed by atoms with Crippen molar-refractivity contribution in [3.8, 4) is 11.5 Å². The highest BCUT2D eigenvalue weighted by Gasteiger charge is 2.13. The Bertz CT molecular complexity index is 369. The average molecular weight is 208 g/mol. The SMILES string of the molecule is CCc1c(OC)cc(OC)cc1C(C)=O. The molecule has 0 fully saturated rings. The van der Waals surface area contributed by atoms with Crippen LogP contribution in [0.2, 0.25) is 0 Å². The van der Waals surface area contributed by atoms with E-state index in [0.29, 0.717) is 17.1 Å². The van der Waals surface area contributed by atoms with Gasteiger partial charge in [-0.05, 0) is 19.4 Å². The third-order valence-corrected chi connectivity index (χ3v) is 2.37. The first-order chi connectivity index (χ1) is 7.13. The lowest BCUT2D eigenvalue weighted by Gasteiger charge is -2.12. The summed E-state index contributed by atoms with van der Waals surface area (Å²) < 4.78 is 10.4. The molecule has 0 aliphatic heterocycles. The molecule has 0 atom stereocenters. The minimum atomic E-state index is 0.0315. The molecule has 1 aromatic carbocycles. The molecule has 0 spiro atoms. The number of benzene rings is 1. The van der Waals surface area contributed by atoms with Gasteiger partial charge in [0.15, 0.2) is 5.78 Å². The first-order valence-corrected chi connectivity index (χ1v) is 4.89. The third-order valence-electron chi connectivity index (χ3n) is 2.37. The van der Waals surface area contributed by atoms with Crippen LogP contribution in [0.15, 0.2) is 12.1 Å². The van der Waals surface area contributed by atoms with Gasteiger partial charge in [-0.2, -0.15) is 0 Å². The summed E-state index contributed by atoms with van der Waals surface area (Å²) in [7, 11) is 3.17. The van der Waals surface area contributed by atoms with E-state index in [-0.39, 0.29) is 5.78 Å². The van der Waals surface area contributed by atoms with Gasteiger partial charge in [0, 0.05) is 17.2 Å². The van der Waals surface area contributed by atoms with Crippen molar-refractivity contribution in [2.24, 2.45) is 0 Å². The van der Waals surface area contributed by atoms with E-state index < -0.39 is 0 Å². The number of carbonyl (C=O) groups excluding carboxylic acids is 1. The molecule has 0 aliphatic carbocycles. The molecule has 0 amide bonds. The fraction of sp³-hybridized carbons (Fsp3) is 0.417. The molecule has 0 aromatic heterocycles. The van der Waals surface area contributed by atoms with Gasteiger partial charge >= 0.3 is 0 Å². The second-order valence-corrected chi connectivity index (χ2v) is 3.27. The first kappa shape index (κ1) is 11.6. The molecular formula is C12H16O3. The Labute approximate surface area is 90.0 Å². The molecule has 0 radical (unpaired) electrons. The zero-order valence-electron chi connectivity index (χ0n) is 9.59. The lowest BCUT2D eigenvalue weighted by Crippen LogP contribution is -2.02. The summed E-state index contributed by atoms with van der Waals surface area (Å²) in [5, 5.41) is 0. The topological polar surface area (TPSA) is 35.5 Å². The quantitative estimate of drug-likeness (QED) is 0.713. The van der Waals surface area contributed by atoms with Crippen molar-refractivity contribution in [1.29, 1.82) is 0 Å². The van der Waals surface area contributed by atoms with Gasteiger partial charge in [-0.1, -0.05) is 6.92 Å². The Balaban J connectivity index is 3.39. The second-order valence-electron chi connectivity index (χ2n) is 3.27. The zero-order chi connectivity index (χ0) is 11.4. The number of methoxy groups -OCH3 is 2. The first-order valence-electron chi connectivity index (χ1n) is 4.89. The maximum absolute atomic E-state index is 11.5. The van der Waals surface area contributed by atoms with Crippen LogP contribution in [0, 0.1) is 0 Å². The number of carbonyl (C=O) groups is 1. The molecule has 1 rings (SSSR count). The fourth-order valence-electron chi connectivity index (χ4n) is 1.60. The van der Waals surface area contributed by atoms with Gasteiger partial charge in [0.2, 0.25) is 0 Å². The van der Waals surface area contributed by atoms with Gasteiger partial charge in [-0.15, -0.1) is 0 Å². The van der Waals surface area contributed by atoms with Gasteiger partial charge in [-0.25, -0.2) is 0 Å². The Morgan fingerprint density at radius 1 is 1.27 bits per heavy atom. The molecule has 0 bridgehead atoms. The van der Waals surface area contributed by atoms with E-state index in [1.807, 2.05) is 6.92 Å². The van der Waals surface area contributed by atoms with Crippen LogP contribution in [0.25, 0.3) is 0 Å². The van der Waals surface area contributed by atoms with Crippen LogP contribution in [0.5, 0.6) is 11.5 Å². The Morgan fingerprint density at radius 2 is 1.93 bits per heavy atom. The Kier molecular flexibility index (Phi) is 3.72. The standard InChI is InChI=1S/C12H16O3/c1-5-10-11(8(2)13)6-9(14-3)7-12(10)15-4/h6-7H,5H2,1-4H3. The highest BCUT2D eigenvalue weighted by Crippen LogP contribution is 2.29. The number of ketones is 1. The van der Waals surface area contributed by atoms with Gasteiger partial charge in [-0.3, -0.25) is 4.79 Å². The molecule has 0 N–H and O–H groups in total. The summed E-state index contributed by atoms with van der Waals surface area (Å²) in [6.07, 6.45) is 0.766. The molecule has 0 saturated carbocycles. The van der Waals surface area contributed by atoms with Crippen molar-refractivity contribution < 1.29 is 14.3 Å². The predicted octanol–water partition coefficient (Wildman–Crippen LogP) is 2.47. The van der Waals surface area contributed by atoms with Gasteiger partial charge in [0.05, 0.1) is 14.2 Å². The highest BCUT2D eigenvalue weighted by molar-refractivity contribution is 5.96. The minimum Gasteiger partial charge on any atom is -0.497 e. The molecule has 0 saturated heterocycles. The van der Waals surface area contributed by atoms with Gasteiger partial charge in [0.25, 0.3) is 0 Å². The molecular weight excluding hydrogens is 192 g/mol. The van der Waals surface area contributed by atoms with Gasteiger partial charge in [0.1, 0.15) is 11.5 Å². The van der Waals surface area contributed by atoms with Crippen molar-refractivity contribution in [2.45, 2.75) is 20.3 Å². The van der Waals surface area contributed by atoms with E-state index in [0.717, 1.165) is 12.0 Å². The Morgan fingerprint density at radius 3 is 2.33 bits per heavy atom. The normalized spacial score (nSPS) is 9.87. The van der Waals surface area contributed by atoms with Crippen LogP contribution in [0.3, 0.4) is 0 Å². The van der Waals surface area contributed by atoms with Crippen molar-refractivity contribution >= 4 is 5.78 Å². The van der Waals surface area contributed by atoms with Crippen molar-refractivity contribution in [3.63, 3.8) is 0 Å². The predicted molar refractivity (Wildman–Crippen MR) is 58.9 cm³/mol. The summed E-state index contributed by atoms with van der Waals surface area (Å²) in [4.78, 5) is 11.5. The second kappa shape index (κ2) is 4.82. The van der Waals surface area contributed by atoms with Crippen LogP contribution in [0.1, 0.15) is 29.8 Å². The van der Waals surface area contributed by atoms with Crippen LogP contribution in [-0.4, -0.2) is 20.0 Å². The lowest BCUT2D eigenvalue weighted by molar-refractivity contribution is 0.101. The Hall–Kier alpha value is -1.51. The minimum absolute atomic E-state index is 0.0315. The van der Waals surface area contributed by atoms with E-state index in [2.05, 4.69) is 0 Å². The summed E-state index contributed by atoms with van der Waals surface area (Å²) in [6.45, 7) is 3.55. The van der Waals surface area contributed by atoms with Crippen LogP contribution in [0.4, 0.5) is 0 Å². The summed E-state index contributed by atoms with van der Waals surface area (Å²) >= 11 is 0. The lowest BCUT2D eigenvalue weighted by atomic mass is 10.0. The smallest absolute Gasteiger partial charge is 0.160 e. The zero-order valence-corrected chi connectivity index (χ0v) is 9.59. The molecule has 82 valence electrons.